The molecule has 1 heterocycles. The molecule has 0 radical (unpaired) electrons. The molecular formula is C5H10O2. The van der Waals surface area contributed by atoms with Gasteiger partial charge in [0, 0.05) is 13.0 Å². The Morgan fingerprint density at radius 2 is 2.43 bits per heavy atom. The van der Waals surface area contributed by atoms with Gasteiger partial charge in [-0.3, -0.25) is 0 Å². The van der Waals surface area contributed by atoms with E-state index in [1.807, 2.05) is 0 Å². The number of rotatable bonds is 1. The number of ether oxygens (including phenoxy) is 2. The first kappa shape index (κ1) is 5.06. The number of hydrogen-bond acceptors (Lipinski definition) is 2. The van der Waals surface area contributed by atoms with Gasteiger partial charge in [0.05, 0.1) is 6.61 Å². The molecule has 0 bridgehead atoms. The summed E-state index contributed by atoms with van der Waals surface area (Å²) < 4.78 is 9.85. The first-order valence-electron chi connectivity index (χ1n) is 2.49. The molecule has 1 saturated heterocycles. The van der Waals surface area contributed by atoms with Crippen molar-refractivity contribution >= 4 is 0 Å². The minimum absolute atomic E-state index is 0.0833. The van der Waals surface area contributed by atoms with Gasteiger partial charge in [-0.1, -0.05) is 6.92 Å². The molecule has 0 spiro atoms. The molecule has 0 aromatic carbocycles. The average Bonchev–Trinajstić information content (AvgIpc) is 1.65. The van der Waals surface area contributed by atoms with Crippen LogP contribution in [-0.2, 0) is 9.47 Å². The van der Waals surface area contributed by atoms with Crippen molar-refractivity contribution in [1.29, 1.82) is 0 Å². The van der Waals surface area contributed by atoms with Gasteiger partial charge in [-0.2, -0.15) is 0 Å². The molecule has 0 saturated carbocycles. The summed E-state index contributed by atoms with van der Waals surface area (Å²) in [7, 11) is 1.67. The van der Waals surface area contributed by atoms with Crippen molar-refractivity contribution in [1.82, 2.24) is 0 Å². The van der Waals surface area contributed by atoms with Crippen molar-refractivity contribution in [2.45, 2.75) is 13.2 Å². The molecule has 2 unspecified atom stereocenters. The van der Waals surface area contributed by atoms with Crippen LogP contribution in [0.5, 0.6) is 0 Å². The van der Waals surface area contributed by atoms with Crippen molar-refractivity contribution in [2.24, 2.45) is 5.92 Å². The highest BCUT2D eigenvalue weighted by Gasteiger charge is 2.26. The van der Waals surface area contributed by atoms with Crippen LogP contribution in [0.15, 0.2) is 0 Å². The van der Waals surface area contributed by atoms with E-state index in [0.29, 0.717) is 5.92 Å². The highest BCUT2D eigenvalue weighted by molar-refractivity contribution is 4.64. The van der Waals surface area contributed by atoms with Crippen molar-refractivity contribution in [3.8, 4) is 0 Å². The second kappa shape index (κ2) is 1.80. The third-order valence-electron chi connectivity index (χ3n) is 1.22. The minimum Gasteiger partial charge on any atom is -0.356 e. The fraction of sp³-hybridized carbons (Fsp3) is 1.00. The van der Waals surface area contributed by atoms with Gasteiger partial charge in [0.15, 0.2) is 6.29 Å². The van der Waals surface area contributed by atoms with Crippen LogP contribution in [0, 0.1) is 5.92 Å². The Labute approximate surface area is 43.4 Å². The molecule has 1 fully saturated rings. The zero-order chi connectivity index (χ0) is 5.28. The summed E-state index contributed by atoms with van der Waals surface area (Å²) in [6, 6.07) is 0. The lowest BCUT2D eigenvalue weighted by molar-refractivity contribution is -0.241. The minimum atomic E-state index is 0.0833. The van der Waals surface area contributed by atoms with Crippen molar-refractivity contribution < 1.29 is 9.47 Å². The molecular weight excluding hydrogens is 92.1 g/mol. The molecule has 1 aliphatic heterocycles. The summed E-state index contributed by atoms with van der Waals surface area (Å²) in [6.07, 6.45) is 0.0833. The molecule has 2 nitrogen and oxygen atoms in total. The van der Waals surface area contributed by atoms with E-state index >= 15 is 0 Å². The summed E-state index contributed by atoms with van der Waals surface area (Å²) in [5.41, 5.74) is 0. The Balaban J connectivity index is 2.16. The van der Waals surface area contributed by atoms with E-state index < -0.39 is 0 Å². The zero-order valence-corrected chi connectivity index (χ0v) is 4.68. The van der Waals surface area contributed by atoms with Crippen LogP contribution >= 0.6 is 0 Å². The molecule has 2 atom stereocenters. The highest BCUT2D eigenvalue weighted by atomic mass is 16.7. The zero-order valence-electron chi connectivity index (χ0n) is 4.68. The van der Waals surface area contributed by atoms with Crippen LogP contribution in [-0.4, -0.2) is 20.0 Å². The summed E-state index contributed by atoms with van der Waals surface area (Å²) in [4.78, 5) is 0. The molecule has 1 aliphatic rings. The normalized spacial score (nSPS) is 40.3. The lowest BCUT2D eigenvalue weighted by atomic mass is 10.1. The predicted octanol–water partition coefficient (Wildman–Crippen LogP) is 0.625. The fourth-order valence-corrected chi connectivity index (χ4v) is 0.668. The standard InChI is InChI=1S/C5H10O2/c1-4-3-7-5(4)6-2/h4-5H,3H2,1-2H3. The van der Waals surface area contributed by atoms with E-state index in [-0.39, 0.29) is 6.29 Å². The van der Waals surface area contributed by atoms with Gasteiger partial charge in [-0.25, -0.2) is 0 Å². The SMILES string of the molecule is COC1OCC1C. The van der Waals surface area contributed by atoms with Crippen LogP contribution in [0.4, 0.5) is 0 Å². The molecule has 7 heavy (non-hydrogen) atoms. The summed E-state index contributed by atoms with van der Waals surface area (Å²) in [5.74, 6) is 0.602. The molecule has 0 aromatic heterocycles. The molecule has 2 heteroatoms. The largest absolute Gasteiger partial charge is 0.356 e. The maximum atomic E-state index is 4.97. The van der Waals surface area contributed by atoms with Crippen molar-refractivity contribution in [3.05, 3.63) is 0 Å². The quantitative estimate of drug-likeness (QED) is 0.483. The van der Waals surface area contributed by atoms with E-state index in [0.717, 1.165) is 6.61 Å². The van der Waals surface area contributed by atoms with E-state index in [2.05, 4.69) is 6.92 Å². The molecule has 0 amide bonds. The molecule has 1 rings (SSSR count). The van der Waals surface area contributed by atoms with E-state index in [9.17, 15) is 0 Å². The van der Waals surface area contributed by atoms with Gasteiger partial charge in [0.1, 0.15) is 0 Å². The van der Waals surface area contributed by atoms with Crippen LogP contribution in [0.2, 0.25) is 0 Å². The topological polar surface area (TPSA) is 18.5 Å². The summed E-state index contributed by atoms with van der Waals surface area (Å²) in [6.45, 7) is 2.97. The Hall–Kier alpha value is -0.0800. The smallest absolute Gasteiger partial charge is 0.161 e. The maximum Gasteiger partial charge on any atom is 0.161 e. The fourth-order valence-electron chi connectivity index (χ4n) is 0.668. The maximum absolute atomic E-state index is 4.97. The monoisotopic (exact) mass is 102 g/mol. The molecule has 0 N–H and O–H groups in total. The van der Waals surface area contributed by atoms with Crippen molar-refractivity contribution in [2.75, 3.05) is 13.7 Å². The second-order valence-corrected chi connectivity index (χ2v) is 1.91. The van der Waals surface area contributed by atoms with E-state index in [1.165, 1.54) is 0 Å². The number of hydrogen-bond donors (Lipinski definition) is 0. The van der Waals surface area contributed by atoms with Gasteiger partial charge >= 0.3 is 0 Å². The second-order valence-electron chi connectivity index (χ2n) is 1.91. The first-order chi connectivity index (χ1) is 3.34. The summed E-state index contributed by atoms with van der Waals surface area (Å²) >= 11 is 0. The Kier molecular flexibility index (Phi) is 1.30. The van der Waals surface area contributed by atoms with E-state index in [1.54, 1.807) is 7.11 Å². The Morgan fingerprint density at radius 1 is 1.71 bits per heavy atom. The van der Waals surface area contributed by atoms with Gasteiger partial charge in [-0.05, 0) is 0 Å². The van der Waals surface area contributed by atoms with Gasteiger partial charge in [0.2, 0.25) is 0 Å². The third-order valence-corrected chi connectivity index (χ3v) is 1.22. The molecule has 0 aliphatic carbocycles. The predicted molar refractivity (Wildman–Crippen MR) is 25.9 cm³/mol. The average molecular weight is 102 g/mol. The lowest BCUT2D eigenvalue weighted by Crippen LogP contribution is -2.38. The third kappa shape index (κ3) is 0.763. The van der Waals surface area contributed by atoms with Gasteiger partial charge in [0.25, 0.3) is 0 Å². The van der Waals surface area contributed by atoms with Crippen LogP contribution in [0.1, 0.15) is 6.92 Å². The summed E-state index contributed by atoms with van der Waals surface area (Å²) in [5, 5.41) is 0. The lowest BCUT2D eigenvalue weighted by Gasteiger charge is -2.32. The van der Waals surface area contributed by atoms with Gasteiger partial charge < -0.3 is 9.47 Å². The van der Waals surface area contributed by atoms with Crippen LogP contribution in [0.3, 0.4) is 0 Å². The van der Waals surface area contributed by atoms with Crippen molar-refractivity contribution in [3.63, 3.8) is 0 Å². The molecule has 0 aromatic rings. The number of methoxy groups -OCH3 is 1. The van der Waals surface area contributed by atoms with Crippen LogP contribution in [0.25, 0.3) is 0 Å². The van der Waals surface area contributed by atoms with Gasteiger partial charge in [-0.15, -0.1) is 0 Å². The van der Waals surface area contributed by atoms with E-state index in [4.69, 9.17) is 9.47 Å². The first-order valence-corrected chi connectivity index (χ1v) is 2.49. The highest BCUT2D eigenvalue weighted by Crippen LogP contribution is 2.18. The molecule has 42 valence electrons. The van der Waals surface area contributed by atoms with Crippen LogP contribution < -0.4 is 0 Å². The Morgan fingerprint density at radius 3 is 2.43 bits per heavy atom. The Bertz CT molecular complexity index is 61.1.